The minimum Gasteiger partial charge on any atom is -0.369 e. The highest BCUT2D eigenvalue weighted by molar-refractivity contribution is 6.10. The zero-order valence-corrected chi connectivity index (χ0v) is 13.9. The number of aromatic nitrogens is 1. The lowest BCUT2D eigenvalue weighted by Gasteiger charge is -2.46. The van der Waals surface area contributed by atoms with E-state index < -0.39 is 5.66 Å². The standard InChI is InChI=1S/C18H22N6/c1-12-10-21-11-13-6-5-7-14(15(12)13)24-17(20)22-16(19)23-18(24)8-3-2-4-9-18/h5-7,10-11H,2-4,8-9H2,1H3,(H4,19,20,22,23). The number of anilines is 1. The zero-order valence-electron chi connectivity index (χ0n) is 13.9. The molecule has 1 aromatic heterocycles. The van der Waals surface area contributed by atoms with Gasteiger partial charge in [0.1, 0.15) is 5.66 Å². The molecule has 1 aliphatic heterocycles. The summed E-state index contributed by atoms with van der Waals surface area (Å²) in [6, 6.07) is 6.19. The van der Waals surface area contributed by atoms with Crippen molar-refractivity contribution in [3.8, 4) is 0 Å². The molecule has 124 valence electrons. The van der Waals surface area contributed by atoms with Crippen LogP contribution in [0.15, 0.2) is 40.6 Å². The molecule has 0 amide bonds. The Morgan fingerprint density at radius 1 is 1.08 bits per heavy atom. The summed E-state index contributed by atoms with van der Waals surface area (Å²) in [6.07, 6.45) is 9.09. The fourth-order valence-electron chi connectivity index (χ4n) is 4.04. The molecule has 2 aromatic rings. The Morgan fingerprint density at radius 2 is 1.88 bits per heavy atom. The Kier molecular flexibility index (Phi) is 3.40. The molecular formula is C18H22N6. The molecule has 24 heavy (non-hydrogen) atoms. The SMILES string of the molecule is Cc1cncc2cccc(N3C(N)=NC(N)=NC34CCCCC4)c12. The average Bonchev–Trinajstić information content (AvgIpc) is 2.55. The van der Waals surface area contributed by atoms with Crippen LogP contribution in [-0.2, 0) is 0 Å². The molecule has 4 N–H and O–H groups in total. The Bertz CT molecular complexity index is 842. The highest BCUT2D eigenvalue weighted by Gasteiger charge is 2.43. The van der Waals surface area contributed by atoms with Crippen LogP contribution in [0.3, 0.4) is 0 Å². The molecule has 4 rings (SSSR count). The van der Waals surface area contributed by atoms with E-state index in [1.165, 1.54) is 6.42 Å². The third-order valence-electron chi connectivity index (χ3n) is 5.04. The van der Waals surface area contributed by atoms with Crippen LogP contribution in [0.4, 0.5) is 5.69 Å². The van der Waals surface area contributed by atoms with Gasteiger partial charge in [-0.1, -0.05) is 18.6 Å². The van der Waals surface area contributed by atoms with Crippen LogP contribution < -0.4 is 16.4 Å². The molecule has 1 fully saturated rings. The summed E-state index contributed by atoms with van der Waals surface area (Å²) in [7, 11) is 0. The number of nitrogens with zero attached hydrogens (tertiary/aromatic N) is 4. The number of hydrogen-bond acceptors (Lipinski definition) is 6. The number of pyridine rings is 1. The molecule has 1 spiro atoms. The summed E-state index contributed by atoms with van der Waals surface area (Å²) in [6.45, 7) is 2.07. The summed E-state index contributed by atoms with van der Waals surface area (Å²) in [5.74, 6) is 0.706. The molecule has 0 atom stereocenters. The molecular weight excluding hydrogens is 300 g/mol. The van der Waals surface area contributed by atoms with Gasteiger partial charge < -0.3 is 11.5 Å². The van der Waals surface area contributed by atoms with Gasteiger partial charge in [0, 0.05) is 23.2 Å². The van der Waals surface area contributed by atoms with E-state index >= 15 is 0 Å². The molecule has 1 aliphatic carbocycles. The minimum absolute atomic E-state index is 0.282. The molecule has 6 nitrogen and oxygen atoms in total. The van der Waals surface area contributed by atoms with Gasteiger partial charge in [0.2, 0.25) is 11.9 Å². The Labute approximate surface area is 141 Å². The number of aryl methyl sites for hydroxylation is 1. The summed E-state index contributed by atoms with van der Waals surface area (Å²) in [5, 5.41) is 2.24. The van der Waals surface area contributed by atoms with Crippen molar-refractivity contribution >= 4 is 28.4 Å². The lowest BCUT2D eigenvalue weighted by molar-refractivity contribution is 0.306. The predicted molar refractivity (Wildman–Crippen MR) is 98.0 cm³/mol. The van der Waals surface area contributed by atoms with E-state index in [1.807, 2.05) is 18.5 Å². The second kappa shape index (κ2) is 5.47. The molecule has 0 radical (unpaired) electrons. The third-order valence-corrected chi connectivity index (χ3v) is 5.04. The van der Waals surface area contributed by atoms with E-state index in [9.17, 15) is 0 Å². The summed E-state index contributed by atoms with van der Waals surface area (Å²) in [5.41, 5.74) is 14.0. The second-order valence-corrected chi connectivity index (χ2v) is 6.65. The number of hydrogen-bond donors (Lipinski definition) is 2. The molecule has 1 saturated carbocycles. The van der Waals surface area contributed by atoms with Gasteiger partial charge >= 0.3 is 0 Å². The molecule has 0 saturated heterocycles. The monoisotopic (exact) mass is 322 g/mol. The van der Waals surface area contributed by atoms with Gasteiger partial charge in [-0.15, -0.1) is 0 Å². The van der Waals surface area contributed by atoms with Crippen LogP contribution in [0.2, 0.25) is 0 Å². The molecule has 2 aliphatic rings. The van der Waals surface area contributed by atoms with Gasteiger partial charge in [-0.25, -0.2) is 4.99 Å². The third kappa shape index (κ3) is 2.21. The number of aliphatic imine (C=N–C) groups is 2. The van der Waals surface area contributed by atoms with Crippen LogP contribution >= 0.6 is 0 Å². The number of guanidine groups is 2. The maximum Gasteiger partial charge on any atom is 0.220 e. The fourth-order valence-corrected chi connectivity index (χ4v) is 4.04. The van der Waals surface area contributed by atoms with E-state index in [0.717, 1.165) is 47.7 Å². The van der Waals surface area contributed by atoms with Crippen LogP contribution in [0, 0.1) is 6.92 Å². The van der Waals surface area contributed by atoms with E-state index in [2.05, 4.69) is 33.9 Å². The van der Waals surface area contributed by atoms with Crippen molar-refractivity contribution in [2.24, 2.45) is 21.5 Å². The van der Waals surface area contributed by atoms with E-state index in [0.29, 0.717) is 5.96 Å². The highest BCUT2D eigenvalue weighted by atomic mass is 15.4. The first-order chi connectivity index (χ1) is 11.6. The zero-order chi connectivity index (χ0) is 16.7. The molecule has 1 aromatic carbocycles. The lowest BCUT2D eigenvalue weighted by Crippen LogP contribution is -2.58. The molecule has 6 heteroatoms. The smallest absolute Gasteiger partial charge is 0.220 e. The number of fused-ring (bicyclic) bond motifs is 1. The van der Waals surface area contributed by atoms with Crippen molar-refractivity contribution in [1.29, 1.82) is 0 Å². The van der Waals surface area contributed by atoms with Gasteiger partial charge in [0.25, 0.3) is 0 Å². The normalized spacial score (nSPS) is 20.1. The first-order valence-electron chi connectivity index (χ1n) is 8.44. The van der Waals surface area contributed by atoms with Gasteiger partial charge in [-0.3, -0.25) is 9.88 Å². The average molecular weight is 322 g/mol. The lowest BCUT2D eigenvalue weighted by atomic mass is 9.86. The first-order valence-corrected chi connectivity index (χ1v) is 8.44. The van der Waals surface area contributed by atoms with Crippen molar-refractivity contribution < 1.29 is 0 Å². The van der Waals surface area contributed by atoms with E-state index in [4.69, 9.17) is 16.5 Å². The van der Waals surface area contributed by atoms with Crippen LogP contribution in [0.1, 0.15) is 37.7 Å². The Hall–Kier alpha value is -2.63. The van der Waals surface area contributed by atoms with Crippen molar-refractivity contribution in [2.75, 3.05) is 4.90 Å². The first kappa shape index (κ1) is 14.9. The minimum atomic E-state index is -0.418. The fraction of sp³-hybridized carbons (Fsp3) is 0.389. The largest absolute Gasteiger partial charge is 0.369 e. The van der Waals surface area contributed by atoms with Crippen molar-refractivity contribution in [1.82, 2.24) is 4.98 Å². The van der Waals surface area contributed by atoms with E-state index in [-0.39, 0.29) is 5.96 Å². The van der Waals surface area contributed by atoms with Crippen molar-refractivity contribution in [3.63, 3.8) is 0 Å². The van der Waals surface area contributed by atoms with Gasteiger partial charge in [0.15, 0.2) is 0 Å². The maximum atomic E-state index is 6.35. The summed E-state index contributed by atoms with van der Waals surface area (Å²) < 4.78 is 0. The Balaban J connectivity index is 1.96. The van der Waals surface area contributed by atoms with E-state index in [1.54, 1.807) is 0 Å². The van der Waals surface area contributed by atoms with Gasteiger partial charge in [0.05, 0.1) is 5.69 Å². The van der Waals surface area contributed by atoms with Crippen molar-refractivity contribution in [2.45, 2.75) is 44.7 Å². The quantitative estimate of drug-likeness (QED) is 0.844. The van der Waals surface area contributed by atoms with Crippen LogP contribution in [0.25, 0.3) is 10.8 Å². The van der Waals surface area contributed by atoms with Gasteiger partial charge in [-0.2, -0.15) is 4.99 Å². The summed E-state index contributed by atoms with van der Waals surface area (Å²) in [4.78, 5) is 15.4. The van der Waals surface area contributed by atoms with Gasteiger partial charge in [-0.05, 0) is 44.2 Å². The number of benzene rings is 1. The number of nitrogens with two attached hydrogens (primary N) is 2. The van der Waals surface area contributed by atoms with Crippen molar-refractivity contribution in [3.05, 3.63) is 36.2 Å². The molecule has 0 unspecified atom stereocenters. The summed E-state index contributed by atoms with van der Waals surface area (Å²) >= 11 is 0. The molecule has 2 heterocycles. The van der Waals surface area contributed by atoms with Crippen LogP contribution in [0.5, 0.6) is 0 Å². The topological polar surface area (TPSA) is 92.9 Å². The predicted octanol–water partition coefficient (Wildman–Crippen LogP) is 2.65. The number of rotatable bonds is 1. The van der Waals surface area contributed by atoms with Crippen LogP contribution in [-0.4, -0.2) is 22.6 Å². The molecule has 0 bridgehead atoms. The second-order valence-electron chi connectivity index (χ2n) is 6.65. The Morgan fingerprint density at radius 3 is 2.67 bits per heavy atom. The highest BCUT2D eigenvalue weighted by Crippen LogP contribution is 2.42. The maximum absolute atomic E-state index is 6.35.